The Morgan fingerprint density at radius 3 is 2.94 bits per heavy atom. The maximum atomic E-state index is 9.66. The number of fused-ring (bicyclic) bond motifs is 3. The van der Waals surface area contributed by atoms with Crippen LogP contribution in [-0.2, 0) is 6.42 Å². The van der Waals surface area contributed by atoms with Gasteiger partial charge in [-0.2, -0.15) is 0 Å². The van der Waals surface area contributed by atoms with E-state index in [4.69, 9.17) is 0 Å². The molecule has 1 aromatic carbocycles. The molecule has 1 saturated heterocycles. The Morgan fingerprint density at radius 1 is 1.33 bits per heavy atom. The second-order valence-electron chi connectivity index (χ2n) is 5.42. The highest BCUT2D eigenvalue weighted by atomic mass is 79.9. The number of rotatable bonds is 2. The highest BCUT2D eigenvalue weighted by molar-refractivity contribution is 8.93. The Kier molecular flexibility index (Phi) is 4.33. The van der Waals surface area contributed by atoms with Crippen molar-refractivity contribution in [3.05, 3.63) is 29.3 Å². The van der Waals surface area contributed by atoms with Crippen molar-refractivity contribution in [1.29, 1.82) is 0 Å². The summed E-state index contributed by atoms with van der Waals surface area (Å²) in [6.07, 6.45) is 4.98. The predicted octanol–water partition coefficient (Wildman–Crippen LogP) is 3.48. The molecule has 1 N–H and O–H groups in total. The summed E-state index contributed by atoms with van der Waals surface area (Å²) in [4.78, 5) is 2.65. The highest BCUT2D eigenvalue weighted by Gasteiger charge is 2.37. The molecule has 0 unspecified atom stereocenters. The molecule has 1 aliphatic heterocycles. The summed E-state index contributed by atoms with van der Waals surface area (Å²) in [6.45, 7) is 4.73. The summed E-state index contributed by atoms with van der Waals surface area (Å²) < 4.78 is 0. The third-order valence-corrected chi connectivity index (χ3v) is 4.41. The van der Waals surface area contributed by atoms with Crippen LogP contribution < -0.4 is 0 Å². The molecule has 0 bridgehead atoms. The van der Waals surface area contributed by atoms with Gasteiger partial charge < -0.3 is 5.11 Å². The van der Waals surface area contributed by atoms with Crippen LogP contribution in [0.2, 0.25) is 0 Å². The normalized spacial score (nSPS) is 26.3. The van der Waals surface area contributed by atoms with Gasteiger partial charge in [0.2, 0.25) is 0 Å². The van der Waals surface area contributed by atoms with Gasteiger partial charge in [0.05, 0.1) is 0 Å². The van der Waals surface area contributed by atoms with E-state index in [2.05, 4.69) is 17.9 Å². The summed E-state index contributed by atoms with van der Waals surface area (Å²) in [5, 5.41) is 9.66. The minimum atomic E-state index is 0. The molecule has 3 heteroatoms. The van der Waals surface area contributed by atoms with Crippen molar-refractivity contribution < 1.29 is 5.11 Å². The van der Waals surface area contributed by atoms with Gasteiger partial charge in [-0.15, -0.1) is 17.0 Å². The third-order valence-electron chi connectivity index (χ3n) is 4.41. The van der Waals surface area contributed by atoms with Crippen LogP contribution in [0.25, 0.3) is 0 Å². The van der Waals surface area contributed by atoms with Crippen LogP contribution in [0.4, 0.5) is 0 Å². The van der Waals surface area contributed by atoms with Crippen LogP contribution in [0.1, 0.15) is 43.2 Å². The first kappa shape index (κ1) is 13.9. The lowest BCUT2D eigenvalue weighted by atomic mass is 9.79. The molecule has 1 aromatic rings. The first-order valence-corrected chi connectivity index (χ1v) is 6.85. The number of hydrogen-bond donors (Lipinski definition) is 1. The van der Waals surface area contributed by atoms with Gasteiger partial charge in [0.15, 0.2) is 0 Å². The maximum Gasteiger partial charge on any atom is 0.115 e. The minimum absolute atomic E-state index is 0. The van der Waals surface area contributed by atoms with Crippen LogP contribution in [0, 0.1) is 0 Å². The van der Waals surface area contributed by atoms with Crippen molar-refractivity contribution in [2.75, 3.05) is 13.1 Å². The van der Waals surface area contributed by atoms with Crippen molar-refractivity contribution in [3.63, 3.8) is 0 Å². The molecule has 0 amide bonds. The van der Waals surface area contributed by atoms with Crippen LogP contribution in [0.5, 0.6) is 5.75 Å². The van der Waals surface area contributed by atoms with Gasteiger partial charge in [-0.05, 0) is 62.0 Å². The molecule has 0 saturated carbocycles. The number of aryl methyl sites for hydroxylation is 1. The predicted molar refractivity (Wildman–Crippen MR) is 79.8 cm³/mol. The van der Waals surface area contributed by atoms with Gasteiger partial charge in [-0.3, -0.25) is 4.90 Å². The Hall–Kier alpha value is -0.540. The van der Waals surface area contributed by atoms with E-state index < -0.39 is 0 Å². The lowest BCUT2D eigenvalue weighted by Crippen LogP contribution is -2.35. The van der Waals surface area contributed by atoms with Crippen molar-refractivity contribution >= 4 is 17.0 Å². The molecule has 1 heterocycles. The van der Waals surface area contributed by atoms with E-state index in [9.17, 15) is 5.11 Å². The Balaban J connectivity index is 0.00000120. The average Bonchev–Trinajstić information content (AvgIpc) is 2.73. The van der Waals surface area contributed by atoms with E-state index >= 15 is 0 Å². The van der Waals surface area contributed by atoms with Crippen molar-refractivity contribution in [1.82, 2.24) is 4.90 Å². The molecule has 100 valence electrons. The number of phenols is 1. The molecule has 2 nitrogen and oxygen atoms in total. The molecule has 2 atom stereocenters. The quantitative estimate of drug-likeness (QED) is 0.904. The number of nitrogens with zero attached hydrogens (tertiary/aromatic N) is 1. The largest absolute Gasteiger partial charge is 0.508 e. The van der Waals surface area contributed by atoms with Gasteiger partial charge in [-0.1, -0.05) is 13.0 Å². The summed E-state index contributed by atoms with van der Waals surface area (Å²) in [5.41, 5.74) is 2.88. The Bertz CT molecular complexity index is 421. The van der Waals surface area contributed by atoms with E-state index in [0.717, 1.165) is 6.04 Å². The van der Waals surface area contributed by atoms with Crippen molar-refractivity contribution in [2.45, 2.75) is 44.6 Å². The average molecular weight is 312 g/mol. The molecule has 1 fully saturated rings. The van der Waals surface area contributed by atoms with Crippen molar-refractivity contribution in [3.8, 4) is 5.75 Å². The first-order valence-electron chi connectivity index (χ1n) is 6.85. The van der Waals surface area contributed by atoms with Gasteiger partial charge in [-0.25, -0.2) is 0 Å². The summed E-state index contributed by atoms with van der Waals surface area (Å²) >= 11 is 0. The zero-order valence-corrected chi connectivity index (χ0v) is 12.6. The molecular formula is C15H22BrNO. The van der Waals surface area contributed by atoms with E-state index in [1.807, 2.05) is 12.1 Å². The van der Waals surface area contributed by atoms with Gasteiger partial charge in [0, 0.05) is 12.0 Å². The smallest absolute Gasteiger partial charge is 0.115 e. The number of likely N-dealkylation sites (tertiary alicyclic amines) is 1. The molecule has 2 aliphatic rings. The van der Waals surface area contributed by atoms with Crippen LogP contribution in [0.3, 0.4) is 0 Å². The van der Waals surface area contributed by atoms with Crippen LogP contribution in [0.15, 0.2) is 18.2 Å². The van der Waals surface area contributed by atoms with Gasteiger partial charge in [0.1, 0.15) is 5.75 Å². The van der Waals surface area contributed by atoms with Gasteiger partial charge >= 0.3 is 0 Å². The summed E-state index contributed by atoms with van der Waals surface area (Å²) in [7, 11) is 0. The second kappa shape index (κ2) is 5.62. The zero-order valence-electron chi connectivity index (χ0n) is 10.9. The van der Waals surface area contributed by atoms with Crippen LogP contribution >= 0.6 is 17.0 Å². The minimum Gasteiger partial charge on any atom is -0.508 e. The number of phenolic OH excluding ortho intramolecular Hbond substituents is 1. The topological polar surface area (TPSA) is 23.5 Å². The molecule has 1 aliphatic carbocycles. The third kappa shape index (κ3) is 2.30. The second-order valence-corrected chi connectivity index (χ2v) is 5.42. The number of hydrogen-bond acceptors (Lipinski definition) is 2. The van der Waals surface area contributed by atoms with E-state index in [1.165, 1.54) is 49.9 Å². The lowest BCUT2D eigenvalue weighted by Gasteiger charge is -2.33. The van der Waals surface area contributed by atoms with Gasteiger partial charge in [0.25, 0.3) is 0 Å². The monoisotopic (exact) mass is 311 g/mol. The fraction of sp³-hybridized carbons (Fsp3) is 0.600. The summed E-state index contributed by atoms with van der Waals surface area (Å²) in [6, 6.07) is 6.67. The molecule has 3 rings (SSSR count). The van der Waals surface area contributed by atoms with E-state index in [1.54, 1.807) is 0 Å². The zero-order chi connectivity index (χ0) is 11.8. The molecule has 0 aromatic heterocycles. The standard InChI is InChI=1S/C15H21NO.BrH/c1-2-8-16-9-7-13-14-10-12(17)5-3-11(14)4-6-15(13)16;/h3,5,10,13,15,17H,2,4,6-9H2,1H3;1H/t13-,15+;/m1./s1. The summed E-state index contributed by atoms with van der Waals surface area (Å²) in [5.74, 6) is 1.09. The number of halogens is 1. The Morgan fingerprint density at radius 2 is 2.17 bits per heavy atom. The van der Waals surface area contributed by atoms with Crippen LogP contribution in [-0.4, -0.2) is 29.1 Å². The number of aromatic hydroxyl groups is 1. The SMILES string of the molecule is Br.CCCN1CC[C@@H]2c3cc(O)ccc3CC[C@@H]21. The Labute approximate surface area is 120 Å². The highest BCUT2D eigenvalue weighted by Crippen LogP contribution is 2.42. The molecular weight excluding hydrogens is 290 g/mol. The van der Waals surface area contributed by atoms with E-state index in [-0.39, 0.29) is 17.0 Å². The first-order chi connectivity index (χ1) is 8.29. The molecule has 18 heavy (non-hydrogen) atoms. The fourth-order valence-corrected chi connectivity index (χ4v) is 3.69. The lowest BCUT2D eigenvalue weighted by molar-refractivity contribution is 0.227. The molecule has 0 spiro atoms. The van der Waals surface area contributed by atoms with E-state index in [0.29, 0.717) is 11.7 Å². The number of benzene rings is 1. The fourth-order valence-electron chi connectivity index (χ4n) is 3.69. The molecule has 0 radical (unpaired) electrons. The maximum absolute atomic E-state index is 9.66. The van der Waals surface area contributed by atoms with Crippen molar-refractivity contribution in [2.24, 2.45) is 0 Å².